The molecule has 7 heteroatoms. The number of aryl methyl sites for hydroxylation is 2. The molecule has 0 radical (unpaired) electrons. The molecule has 1 heterocycles. The topological polar surface area (TPSA) is 73.2 Å². The van der Waals surface area contributed by atoms with E-state index < -0.39 is 0 Å². The number of carbonyl (C=O) groups excluding carboxylic acids is 1. The number of nitrogens with zero attached hydrogens (tertiary/aromatic N) is 2. The van der Waals surface area contributed by atoms with Crippen molar-refractivity contribution >= 4 is 23.2 Å². The third kappa shape index (κ3) is 5.48. The fourth-order valence-corrected chi connectivity index (χ4v) is 3.30. The molecule has 0 bridgehead atoms. The molecule has 0 aliphatic carbocycles. The highest BCUT2D eigenvalue weighted by Crippen LogP contribution is 2.17. The number of amides is 1. The van der Waals surface area contributed by atoms with E-state index in [0.717, 1.165) is 22.4 Å². The summed E-state index contributed by atoms with van der Waals surface area (Å²) in [7, 11) is 0. The summed E-state index contributed by atoms with van der Waals surface area (Å²) < 4.78 is 6.96. The van der Waals surface area contributed by atoms with Crippen LogP contribution in [0.1, 0.15) is 27.0 Å². The highest BCUT2D eigenvalue weighted by Gasteiger charge is 2.09. The number of ether oxygens (including phenoxy) is 1. The van der Waals surface area contributed by atoms with Gasteiger partial charge in [-0.2, -0.15) is 4.68 Å². The van der Waals surface area contributed by atoms with Crippen LogP contribution < -0.4 is 15.6 Å². The zero-order valence-electron chi connectivity index (χ0n) is 18.2. The number of carbonyl (C=O) groups is 1. The quantitative estimate of drug-likeness (QED) is 0.422. The minimum Gasteiger partial charge on any atom is -0.472 e. The third-order valence-electron chi connectivity index (χ3n) is 5.21. The molecule has 33 heavy (non-hydrogen) atoms. The number of rotatable bonds is 6. The number of benzene rings is 3. The molecule has 0 spiro atoms. The van der Waals surface area contributed by atoms with Crippen LogP contribution in [0, 0.1) is 13.8 Å². The summed E-state index contributed by atoms with van der Waals surface area (Å²) >= 11 is 5.90. The van der Waals surface area contributed by atoms with Gasteiger partial charge in [0.15, 0.2) is 0 Å². The molecule has 166 valence electrons. The van der Waals surface area contributed by atoms with E-state index in [4.69, 9.17) is 16.3 Å². The minimum atomic E-state index is -0.304. The van der Waals surface area contributed by atoms with Crippen molar-refractivity contribution in [2.75, 3.05) is 5.32 Å². The molecular formula is C26H22ClN3O3. The maximum Gasteiger partial charge on any atom is 0.271 e. The van der Waals surface area contributed by atoms with Gasteiger partial charge in [0.2, 0.25) is 5.88 Å². The van der Waals surface area contributed by atoms with Gasteiger partial charge in [-0.1, -0.05) is 29.8 Å². The highest BCUT2D eigenvalue weighted by atomic mass is 35.5. The molecule has 0 aliphatic rings. The number of nitrogens with one attached hydrogen (secondary N) is 1. The molecule has 0 fully saturated rings. The average molecular weight is 460 g/mol. The Kier molecular flexibility index (Phi) is 6.56. The molecular weight excluding hydrogens is 438 g/mol. The molecule has 4 aromatic rings. The second kappa shape index (κ2) is 9.71. The molecule has 4 rings (SSSR count). The molecule has 1 amide bonds. The summed E-state index contributed by atoms with van der Waals surface area (Å²) in [5, 5.41) is 7.83. The van der Waals surface area contributed by atoms with E-state index in [1.807, 2.05) is 44.2 Å². The van der Waals surface area contributed by atoms with Crippen LogP contribution in [-0.2, 0) is 6.61 Å². The van der Waals surface area contributed by atoms with Crippen molar-refractivity contribution in [1.29, 1.82) is 0 Å². The van der Waals surface area contributed by atoms with Crippen molar-refractivity contribution in [2.45, 2.75) is 20.5 Å². The molecule has 0 saturated heterocycles. The Bertz CT molecular complexity index is 1350. The van der Waals surface area contributed by atoms with Gasteiger partial charge in [0.1, 0.15) is 6.61 Å². The normalized spacial score (nSPS) is 10.6. The molecule has 1 aromatic heterocycles. The van der Waals surface area contributed by atoms with Crippen LogP contribution in [0.2, 0.25) is 5.02 Å². The van der Waals surface area contributed by atoms with Crippen LogP contribution in [0.5, 0.6) is 5.88 Å². The van der Waals surface area contributed by atoms with E-state index >= 15 is 0 Å². The molecule has 3 aromatic carbocycles. The summed E-state index contributed by atoms with van der Waals surface area (Å²) in [5.41, 5.74) is 4.62. The van der Waals surface area contributed by atoms with Crippen LogP contribution in [0.25, 0.3) is 5.69 Å². The van der Waals surface area contributed by atoms with Crippen molar-refractivity contribution in [3.63, 3.8) is 0 Å². The highest BCUT2D eigenvalue weighted by molar-refractivity contribution is 6.30. The van der Waals surface area contributed by atoms with Crippen LogP contribution in [0.3, 0.4) is 0 Å². The van der Waals surface area contributed by atoms with Gasteiger partial charge >= 0.3 is 0 Å². The first-order valence-electron chi connectivity index (χ1n) is 10.4. The van der Waals surface area contributed by atoms with Gasteiger partial charge in [-0.25, -0.2) is 0 Å². The largest absolute Gasteiger partial charge is 0.472 e. The number of anilines is 1. The summed E-state index contributed by atoms with van der Waals surface area (Å²) in [4.78, 5) is 25.0. The lowest BCUT2D eigenvalue weighted by Crippen LogP contribution is -2.20. The van der Waals surface area contributed by atoms with Crippen molar-refractivity contribution in [3.8, 4) is 11.6 Å². The first kappa shape index (κ1) is 22.3. The monoisotopic (exact) mass is 459 g/mol. The number of halogens is 1. The summed E-state index contributed by atoms with van der Waals surface area (Å²) in [5.74, 6) is 0.0752. The van der Waals surface area contributed by atoms with Crippen molar-refractivity contribution in [1.82, 2.24) is 9.78 Å². The SMILES string of the molecule is Cc1ccc(NC(=O)c2ccc(-n3nc(OCc4ccc(Cl)cc4)ccc3=O)cc2)cc1C. The fourth-order valence-electron chi connectivity index (χ4n) is 3.17. The van der Waals surface area contributed by atoms with E-state index in [2.05, 4.69) is 10.4 Å². The van der Waals surface area contributed by atoms with Gasteiger partial charge in [0.05, 0.1) is 5.69 Å². The summed E-state index contributed by atoms with van der Waals surface area (Å²) in [6, 6.07) is 22.6. The number of aromatic nitrogens is 2. The Balaban J connectivity index is 1.47. The first-order valence-corrected chi connectivity index (χ1v) is 10.7. The van der Waals surface area contributed by atoms with Crippen LogP contribution in [0.4, 0.5) is 5.69 Å². The summed E-state index contributed by atoms with van der Waals surface area (Å²) in [6.07, 6.45) is 0. The van der Waals surface area contributed by atoms with Crippen LogP contribution in [0.15, 0.2) is 83.7 Å². The maximum absolute atomic E-state index is 12.6. The molecule has 6 nitrogen and oxygen atoms in total. The lowest BCUT2D eigenvalue weighted by molar-refractivity contribution is 0.102. The second-order valence-corrected chi connectivity index (χ2v) is 8.07. The zero-order chi connectivity index (χ0) is 23.4. The molecule has 0 saturated carbocycles. The standard InChI is InChI=1S/C26H22ClN3O3/c1-17-3-10-22(15-18(17)2)28-26(32)20-6-11-23(12-7-20)30-25(31)14-13-24(29-30)33-16-19-4-8-21(27)9-5-19/h3-15H,16H2,1-2H3,(H,28,32). The van der Waals surface area contributed by atoms with Gasteiger partial charge in [0.25, 0.3) is 11.5 Å². The van der Waals surface area contributed by atoms with Crippen molar-refractivity contribution in [3.05, 3.63) is 116 Å². The van der Waals surface area contributed by atoms with E-state index in [9.17, 15) is 9.59 Å². The van der Waals surface area contributed by atoms with E-state index in [0.29, 0.717) is 28.8 Å². The Morgan fingerprint density at radius 3 is 2.36 bits per heavy atom. The number of hydrogen-bond donors (Lipinski definition) is 1. The Morgan fingerprint density at radius 2 is 1.67 bits per heavy atom. The number of hydrogen-bond acceptors (Lipinski definition) is 4. The average Bonchev–Trinajstić information content (AvgIpc) is 2.82. The van der Waals surface area contributed by atoms with Gasteiger partial charge in [-0.3, -0.25) is 9.59 Å². The third-order valence-corrected chi connectivity index (χ3v) is 5.47. The molecule has 0 aliphatic heterocycles. The van der Waals surface area contributed by atoms with Crippen LogP contribution in [-0.4, -0.2) is 15.7 Å². The predicted octanol–water partition coefficient (Wildman–Crippen LogP) is 5.33. The van der Waals surface area contributed by atoms with Gasteiger partial charge < -0.3 is 10.1 Å². The van der Waals surface area contributed by atoms with Crippen molar-refractivity contribution < 1.29 is 9.53 Å². The smallest absolute Gasteiger partial charge is 0.271 e. The molecule has 0 atom stereocenters. The van der Waals surface area contributed by atoms with E-state index in [1.54, 1.807) is 36.4 Å². The van der Waals surface area contributed by atoms with Crippen LogP contribution >= 0.6 is 11.6 Å². The van der Waals surface area contributed by atoms with Gasteiger partial charge in [-0.05, 0) is 79.1 Å². The van der Waals surface area contributed by atoms with E-state index in [-0.39, 0.29) is 11.5 Å². The first-order chi connectivity index (χ1) is 15.9. The zero-order valence-corrected chi connectivity index (χ0v) is 19.0. The molecule has 0 unspecified atom stereocenters. The van der Waals surface area contributed by atoms with Gasteiger partial charge in [0, 0.05) is 28.4 Å². The van der Waals surface area contributed by atoms with E-state index in [1.165, 1.54) is 16.8 Å². The Morgan fingerprint density at radius 1 is 0.939 bits per heavy atom. The lowest BCUT2D eigenvalue weighted by atomic mass is 10.1. The Hall–Kier alpha value is -3.90. The maximum atomic E-state index is 12.6. The predicted molar refractivity (Wildman–Crippen MR) is 129 cm³/mol. The second-order valence-electron chi connectivity index (χ2n) is 7.64. The Labute approximate surface area is 196 Å². The molecule has 1 N–H and O–H groups in total. The minimum absolute atomic E-state index is 0.231. The lowest BCUT2D eigenvalue weighted by Gasteiger charge is -2.10. The van der Waals surface area contributed by atoms with Gasteiger partial charge in [-0.15, -0.1) is 5.10 Å². The fraction of sp³-hybridized carbons (Fsp3) is 0.115. The summed E-state index contributed by atoms with van der Waals surface area (Å²) in [6.45, 7) is 4.31. The van der Waals surface area contributed by atoms with Crippen molar-refractivity contribution in [2.24, 2.45) is 0 Å².